The maximum absolute atomic E-state index is 11.7. The highest BCUT2D eigenvalue weighted by Gasteiger charge is 2.13. The maximum atomic E-state index is 11.7. The number of nitrogens with one attached hydrogen (secondary N) is 2. The second-order valence-corrected chi connectivity index (χ2v) is 4.90. The standard InChI is InChI=1S/C15H12BrN3O2/c16-12-8-4-5-9-13(12)18-14(20)15(21)19-17-10-11-6-2-1-3-7-11/h1-10H,(H,18,20)(H,19,21)/b17-10-. The Morgan fingerprint density at radius 3 is 2.33 bits per heavy atom. The Bertz CT molecular complexity index is 672. The lowest BCUT2D eigenvalue weighted by Crippen LogP contribution is -2.32. The van der Waals surface area contributed by atoms with Crippen molar-refractivity contribution in [3.63, 3.8) is 0 Å². The molecule has 2 N–H and O–H groups in total. The van der Waals surface area contributed by atoms with Gasteiger partial charge in [-0.3, -0.25) is 9.59 Å². The third-order valence-corrected chi connectivity index (χ3v) is 3.20. The molecule has 2 aromatic carbocycles. The summed E-state index contributed by atoms with van der Waals surface area (Å²) in [5.41, 5.74) is 3.52. The average Bonchev–Trinajstić information content (AvgIpc) is 2.50. The van der Waals surface area contributed by atoms with Crippen LogP contribution in [0.3, 0.4) is 0 Å². The minimum atomic E-state index is -0.835. The van der Waals surface area contributed by atoms with Crippen molar-refractivity contribution in [3.8, 4) is 0 Å². The molecular weight excluding hydrogens is 334 g/mol. The number of rotatable bonds is 3. The van der Waals surface area contributed by atoms with E-state index in [1.807, 2.05) is 36.4 Å². The van der Waals surface area contributed by atoms with Gasteiger partial charge in [0.15, 0.2) is 0 Å². The molecule has 0 atom stereocenters. The lowest BCUT2D eigenvalue weighted by Gasteiger charge is -2.05. The molecule has 5 nitrogen and oxygen atoms in total. The van der Waals surface area contributed by atoms with Crippen LogP contribution >= 0.6 is 15.9 Å². The van der Waals surface area contributed by atoms with Crippen LogP contribution in [-0.2, 0) is 9.59 Å². The quantitative estimate of drug-likeness (QED) is 0.509. The fourth-order valence-corrected chi connectivity index (χ4v) is 1.88. The van der Waals surface area contributed by atoms with Gasteiger partial charge in [0.1, 0.15) is 0 Å². The molecule has 2 aromatic rings. The summed E-state index contributed by atoms with van der Waals surface area (Å²) in [4.78, 5) is 23.3. The van der Waals surface area contributed by atoms with Crippen molar-refractivity contribution in [2.24, 2.45) is 5.10 Å². The Morgan fingerprint density at radius 1 is 0.952 bits per heavy atom. The molecule has 2 rings (SSSR count). The Kier molecular flexibility index (Phi) is 5.22. The molecule has 0 heterocycles. The number of para-hydroxylation sites is 1. The topological polar surface area (TPSA) is 70.6 Å². The Morgan fingerprint density at radius 2 is 1.62 bits per heavy atom. The van der Waals surface area contributed by atoms with Crippen LogP contribution in [0.5, 0.6) is 0 Å². The van der Waals surface area contributed by atoms with Crippen LogP contribution in [0.2, 0.25) is 0 Å². The van der Waals surface area contributed by atoms with Gasteiger partial charge in [-0.2, -0.15) is 5.10 Å². The van der Waals surface area contributed by atoms with Gasteiger partial charge >= 0.3 is 11.8 Å². The summed E-state index contributed by atoms with van der Waals surface area (Å²) in [7, 11) is 0. The maximum Gasteiger partial charge on any atom is 0.329 e. The van der Waals surface area contributed by atoms with E-state index in [0.29, 0.717) is 10.2 Å². The Balaban J connectivity index is 1.90. The molecular formula is C15H12BrN3O2. The first-order valence-corrected chi connectivity index (χ1v) is 6.90. The fourth-order valence-electron chi connectivity index (χ4n) is 1.50. The van der Waals surface area contributed by atoms with E-state index in [4.69, 9.17) is 0 Å². The molecule has 0 saturated heterocycles. The number of nitrogens with zero attached hydrogens (tertiary/aromatic N) is 1. The first-order valence-electron chi connectivity index (χ1n) is 6.11. The van der Waals surface area contributed by atoms with Crippen molar-refractivity contribution in [1.29, 1.82) is 0 Å². The fraction of sp³-hybridized carbons (Fsp3) is 0. The second kappa shape index (κ2) is 7.35. The number of anilines is 1. The van der Waals surface area contributed by atoms with E-state index in [0.717, 1.165) is 5.56 Å². The van der Waals surface area contributed by atoms with E-state index in [9.17, 15) is 9.59 Å². The highest BCUT2D eigenvalue weighted by Crippen LogP contribution is 2.20. The van der Waals surface area contributed by atoms with Gasteiger partial charge in [-0.25, -0.2) is 5.43 Å². The first kappa shape index (κ1) is 14.9. The zero-order chi connectivity index (χ0) is 15.1. The molecule has 0 aliphatic rings. The summed E-state index contributed by atoms with van der Waals surface area (Å²) in [5.74, 6) is -1.62. The summed E-state index contributed by atoms with van der Waals surface area (Å²) >= 11 is 3.28. The lowest BCUT2D eigenvalue weighted by molar-refractivity contribution is -0.136. The highest BCUT2D eigenvalue weighted by molar-refractivity contribution is 9.10. The Hall–Kier alpha value is -2.47. The van der Waals surface area contributed by atoms with Crippen LogP contribution < -0.4 is 10.7 Å². The van der Waals surface area contributed by atoms with Crippen molar-refractivity contribution in [2.45, 2.75) is 0 Å². The van der Waals surface area contributed by atoms with E-state index in [2.05, 4.69) is 31.8 Å². The summed E-state index contributed by atoms with van der Waals surface area (Å²) in [6.45, 7) is 0. The van der Waals surface area contributed by atoms with Crippen molar-refractivity contribution >= 4 is 39.6 Å². The van der Waals surface area contributed by atoms with Gasteiger partial charge in [0.05, 0.1) is 11.9 Å². The molecule has 0 saturated carbocycles. The normalized spacial score (nSPS) is 10.3. The molecule has 0 fully saturated rings. The first-order chi connectivity index (χ1) is 10.2. The number of halogens is 1. The monoisotopic (exact) mass is 345 g/mol. The van der Waals surface area contributed by atoms with Gasteiger partial charge in [-0.15, -0.1) is 0 Å². The van der Waals surface area contributed by atoms with Gasteiger partial charge in [-0.1, -0.05) is 42.5 Å². The number of hydrogen-bond acceptors (Lipinski definition) is 3. The summed E-state index contributed by atoms with van der Waals surface area (Å²) in [5, 5.41) is 6.22. The van der Waals surface area contributed by atoms with Gasteiger partial charge < -0.3 is 5.32 Å². The third-order valence-electron chi connectivity index (χ3n) is 2.51. The molecule has 0 aliphatic heterocycles. The largest absolute Gasteiger partial charge is 0.329 e. The zero-order valence-corrected chi connectivity index (χ0v) is 12.5. The minimum Gasteiger partial charge on any atom is -0.317 e. The van der Waals surface area contributed by atoms with Gasteiger partial charge in [0.2, 0.25) is 0 Å². The van der Waals surface area contributed by atoms with E-state index in [1.165, 1.54) is 6.21 Å². The molecule has 0 aliphatic carbocycles. The molecule has 2 amide bonds. The van der Waals surface area contributed by atoms with E-state index < -0.39 is 11.8 Å². The van der Waals surface area contributed by atoms with Crippen molar-refractivity contribution in [1.82, 2.24) is 5.43 Å². The third kappa shape index (κ3) is 4.54. The van der Waals surface area contributed by atoms with Crippen molar-refractivity contribution in [3.05, 3.63) is 64.6 Å². The highest BCUT2D eigenvalue weighted by atomic mass is 79.9. The number of carbonyl (C=O) groups excluding carboxylic acids is 2. The minimum absolute atomic E-state index is 0.518. The van der Waals surface area contributed by atoms with Gasteiger partial charge in [0.25, 0.3) is 0 Å². The van der Waals surface area contributed by atoms with E-state index in [-0.39, 0.29) is 0 Å². The number of benzene rings is 2. The number of amides is 2. The van der Waals surface area contributed by atoms with Crippen molar-refractivity contribution in [2.75, 3.05) is 5.32 Å². The lowest BCUT2D eigenvalue weighted by atomic mass is 10.2. The summed E-state index contributed by atoms with van der Waals surface area (Å²) in [6, 6.07) is 16.2. The van der Waals surface area contributed by atoms with E-state index >= 15 is 0 Å². The van der Waals surface area contributed by atoms with E-state index in [1.54, 1.807) is 18.2 Å². The second-order valence-electron chi connectivity index (χ2n) is 4.04. The molecule has 106 valence electrons. The molecule has 0 bridgehead atoms. The zero-order valence-electron chi connectivity index (χ0n) is 10.9. The number of hydrogen-bond donors (Lipinski definition) is 2. The summed E-state index contributed by atoms with van der Waals surface area (Å²) in [6.07, 6.45) is 1.46. The van der Waals surface area contributed by atoms with Crippen LogP contribution in [-0.4, -0.2) is 18.0 Å². The molecule has 0 spiro atoms. The number of hydrazone groups is 1. The smallest absolute Gasteiger partial charge is 0.317 e. The SMILES string of the molecule is O=C(N/N=C\c1ccccc1)C(=O)Nc1ccccc1Br. The van der Waals surface area contributed by atoms with Gasteiger partial charge in [-0.05, 0) is 33.6 Å². The van der Waals surface area contributed by atoms with Crippen molar-refractivity contribution < 1.29 is 9.59 Å². The molecule has 21 heavy (non-hydrogen) atoms. The molecule has 0 unspecified atom stereocenters. The van der Waals surface area contributed by atoms with Crippen LogP contribution in [0.4, 0.5) is 5.69 Å². The van der Waals surface area contributed by atoms with Crippen LogP contribution in [0.15, 0.2) is 64.2 Å². The van der Waals surface area contributed by atoms with Gasteiger partial charge in [0, 0.05) is 4.47 Å². The Labute approximate surface area is 130 Å². The molecule has 0 radical (unpaired) electrons. The molecule has 6 heteroatoms. The molecule has 0 aromatic heterocycles. The van der Waals surface area contributed by atoms with Crippen LogP contribution in [0, 0.1) is 0 Å². The predicted octanol–water partition coefficient (Wildman–Crippen LogP) is 2.54. The number of carbonyl (C=O) groups is 2. The van der Waals surface area contributed by atoms with Crippen LogP contribution in [0.25, 0.3) is 0 Å². The van der Waals surface area contributed by atoms with Crippen LogP contribution in [0.1, 0.15) is 5.56 Å². The predicted molar refractivity (Wildman–Crippen MR) is 85.0 cm³/mol. The average molecular weight is 346 g/mol. The summed E-state index contributed by atoms with van der Waals surface area (Å²) < 4.78 is 0.693.